The van der Waals surface area contributed by atoms with Gasteiger partial charge in [-0.3, -0.25) is 4.79 Å². The van der Waals surface area contributed by atoms with Crippen LogP contribution in [0.3, 0.4) is 0 Å². The van der Waals surface area contributed by atoms with Crippen LogP contribution in [-0.2, 0) is 27.0 Å². The number of halogens is 2. The monoisotopic (exact) mass is 482 g/mol. The summed E-state index contributed by atoms with van der Waals surface area (Å²) in [6, 6.07) is 14.9. The molecule has 168 valence electrons. The number of benzene rings is 2. The Morgan fingerprint density at radius 2 is 1.74 bits per heavy atom. The molecule has 5 nitrogen and oxygen atoms in total. The van der Waals surface area contributed by atoms with Gasteiger partial charge in [0.1, 0.15) is 0 Å². The zero-order chi connectivity index (χ0) is 22.6. The van der Waals surface area contributed by atoms with Crippen LogP contribution in [0.2, 0.25) is 10.0 Å². The van der Waals surface area contributed by atoms with E-state index >= 15 is 0 Å². The molecule has 1 aliphatic rings. The summed E-state index contributed by atoms with van der Waals surface area (Å²) in [7, 11) is -3.66. The maximum Gasteiger partial charge on any atom is 0.224 e. The first-order chi connectivity index (χ1) is 14.6. The molecule has 1 N–H and O–H groups in total. The van der Waals surface area contributed by atoms with E-state index in [0.29, 0.717) is 41.4 Å². The molecule has 0 spiro atoms. The van der Waals surface area contributed by atoms with Crippen LogP contribution in [0, 0.1) is 5.92 Å². The number of carbonyl (C=O) groups is 1. The van der Waals surface area contributed by atoms with Gasteiger partial charge in [-0.15, -0.1) is 0 Å². The van der Waals surface area contributed by atoms with Crippen molar-refractivity contribution >= 4 is 39.1 Å². The Kier molecular flexibility index (Phi) is 7.68. The van der Waals surface area contributed by atoms with Crippen molar-refractivity contribution < 1.29 is 13.2 Å². The normalized spacial score (nSPS) is 18.0. The highest BCUT2D eigenvalue weighted by atomic mass is 35.5. The second kappa shape index (κ2) is 9.90. The number of sulfonamides is 1. The molecule has 31 heavy (non-hydrogen) atoms. The largest absolute Gasteiger partial charge is 0.351 e. The number of carbonyl (C=O) groups excluding carboxylic acids is 1. The van der Waals surface area contributed by atoms with E-state index < -0.39 is 15.6 Å². The van der Waals surface area contributed by atoms with Gasteiger partial charge < -0.3 is 5.32 Å². The Hall–Kier alpha value is -1.60. The molecule has 2 aromatic carbocycles. The predicted octanol–water partition coefficient (Wildman–Crippen LogP) is 4.67. The van der Waals surface area contributed by atoms with Crippen LogP contribution in [0.1, 0.15) is 37.8 Å². The van der Waals surface area contributed by atoms with Gasteiger partial charge in [-0.2, -0.15) is 0 Å². The van der Waals surface area contributed by atoms with Crippen molar-refractivity contribution in [2.45, 2.75) is 44.4 Å². The summed E-state index contributed by atoms with van der Waals surface area (Å²) in [5.41, 5.74) is 1.09. The Bertz CT molecular complexity index is 1010. The van der Waals surface area contributed by atoms with Gasteiger partial charge in [-0.1, -0.05) is 59.6 Å². The predicted molar refractivity (Wildman–Crippen MR) is 126 cm³/mol. The third-order valence-electron chi connectivity index (χ3n) is 5.49. The van der Waals surface area contributed by atoms with E-state index in [1.54, 1.807) is 18.2 Å². The first-order valence-corrected chi connectivity index (χ1v) is 12.7. The number of nitrogens with zero attached hydrogens (tertiary/aromatic N) is 1. The fourth-order valence-electron chi connectivity index (χ4n) is 3.94. The van der Waals surface area contributed by atoms with Crippen LogP contribution >= 0.6 is 23.2 Å². The first kappa shape index (κ1) is 24.1. The lowest BCUT2D eigenvalue weighted by atomic mass is 9.92. The van der Waals surface area contributed by atoms with Crippen LogP contribution < -0.4 is 5.32 Å². The summed E-state index contributed by atoms with van der Waals surface area (Å²) in [6.45, 7) is 4.52. The standard InChI is InChI=1S/C23H28Cl2N2O3S/c1-23(2,14-17-8-4-3-5-9-17)26-22(28)18-10-7-13-27(15-18)31(29,30)16-19-20(24)11-6-12-21(19)25/h3-6,8-9,11-12,18H,7,10,13-16H2,1-2H3,(H,26,28)/t18-/m0/s1. The topological polar surface area (TPSA) is 66.5 Å². The molecule has 1 saturated heterocycles. The van der Waals surface area contributed by atoms with Crippen LogP contribution in [0.15, 0.2) is 48.5 Å². The molecule has 1 heterocycles. The van der Waals surface area contributed by atoms with Gasteiger partial charge in [0.15, 0.2) is 0 Å². The average molecular weight is 483 g/mol. The highest BCUT2D eigenvalue weighted by molar-refractivity contribution is 7.88. The van der Waals surface area contributed by atoms with E-state index in [1.165, 1.54) is 4.31 Å². The molecular formula is C23H28Cl2N2O3S. The summed E-state index contributed by atoms with van der Waals surface area (Å²) in [6.07, 6.45) is 1.98. The molecule has 3 rings (SSSR count). The van der Waals surface area contributed by atoms with Gasteiger partial charge in [-0.05, 0) is 50.8 Å². The lowest BCUT2D eigenvalue weighted by Crippen LogP contribution is -2.51. The van der Waals surface area contributed by atoms with Gasteiger partial charge in [0, 0.05) is 34.2 Å². The lowest BCUT2D eigenvalue weighted by molar-refractivity contribution is -0.127. The summed E-state index contributed by atoms with van der Waals surface area (Å²) < 4.78 is 27.5. The summed E-state index contributed by atoms with van der Waals surface area (Å²) in [4.78, 5) is 13.0. The molecule has 2 aromatic rings. The van der Waals surface area contributed by atoms with E-state index in [1.807, 2.05) is 44.2 Å². The molecule has 0 unspecified atom stereocenters. The van der Waals surface area contributed by atoms with Gasteiger partial charge >= 0.3 is 0 Å². The minimum atomic E-state index is -3.66. The number of nitrogens with one attached hydrogen (secondary N) is 1. The zero-order valence-corrected chi connectivity index (χ0v) is 20.1. The molecule has 1 fully saturated rings. The molecule has 0 aromatic heterocycles. The smallest absolute Gasteiger partial charge is 0.224 e. The number of rotatable bonds is 7. The maximum atomic E-state index is 13.0. The second-order valence-corrected chi connectivity index (χ2v) is 11.5. The molecule has 0 saturated carbocycles. The van der Waals surface area contributed by atoms with E-state index in [4.69, 9.17) is 23.2 Å². The van der Waals surface area contributed by atoms with Gasteiger partial charge in [0.05, 0.1) is 11.7 Å². The Labute approximate surface area is 194 Å². The number of amides is 1. The minimum absolute atomic E-state index is 0.114. The average Bonchev–Trinajstić information content (AvgIpc) is 2.71. The fraction of sp³-hybridized carbons (Fsp3) is 0.435. The number of hydrogen-bond acceptors (Lipinski definition) is 3. The summed E-state index contributed by atoms with van der Waals surface area (Å²) in [5, 5.41) is 3.76. The number of piperidine rings is 1. The molecule has 1 aliphatic heterocycles. The minimum Gasteiger partial charge on any atom is -0.351 e. The fourth-order valence-corrected chi connectivity index (χ4v) is 6.30. The number of hydrogen-bond donors (Lipinski definition) is 1. The SMILES string of the molecule is CC(C)(Cc1ccccc1)NC(=O)[C@H]1CCCN(S(=O)(=O)Cc2c(Cl)cccc2Cl)C1. The van der Waals surface area contributed by atoms with Crippen molar-refractivity contribution in [3.63, 3.8) is 0 Å². The van der Waals surface area contributed by atoms with Crippen molar-refractivity contribution in [2.75, 3.05) is 13.1 Å². The quantitative estimate of drug-likeness (QED) is 0.623. The van der Waals surface area contributed by atoms with Crippen LogP contribution in [0.4, 0.5) is 0 Å². The highest BCUT2D eigenvalue weighted by Crippen LogP contribution is 2.29. The Morgan fingerprint density at radius 1 is 1.10 bits per heavy atom. The van der Waals surface area contributed by atoms with E-state index in [0.717, 1.165) is 5.56 Å². The third-order valence-corrected chi connectivity index (χ3v) is 7.97. The van der Waals surface area contributed by atoms with E-state index in [-0.39, 0.29) is 24.1 Å². The van der Waals surface area contributed by atoms with Gasteiger partial charge in [0.25, 0.3) is 0 Å². The van der Waals surface area contributed by atoms with Crippen molar-refractivity contribution in [3.05, 3.63) is 69.7 Å². The van der Waals surface area contributed by atoms with Gasteiger partial charge in [-0.25, -0.2) is 12.7 Å². The Balaban J connectivity index is 1.66. The van der Waals surface area contributed by atoms with Crippen LogP contribution in [0.5, 0.6) is 0 Å². The summed E-state index contributed by atoms with van der Waals surface area (Å²) >= 11 is 12.3. The highest BCUT2D eigenvalue weighted by Gasteiger charge is 2.34. The van der Waals surface area contributed by atoms with Crippen molar-refractivity contribution in [3.8, 4) is 0 Å². The van der Waals surface area contributed by atoms with Gasteiger partial charge in [0.2, 0.25) is 15.9 Å². The van der Waals surface area contributed by atoms with Crippen molar-refractivity contribution in [1.29, 1.82) is 0 Å². The Morgan fingerprint density at radius 3 is 2.39 bits per heavy atom. The van der Waals surface area contributed by atoms with Crippen molar-refractivity contribution in [1.82, 2.24) is 9.62 Å². The van der Waals surface area contributed by atoms with Crippen LogP contribution in [-0.4, -0.2) is 37.3 Å². The maximum absolute atomic E-state index is 13.0. The lowest BCUT2D eigenvalue weighted by Gasteiger charge is -2.34. The third kappa shape index (κ3) is 6.45. The molecule has 0 bridgehead atoms. The molecule has 0 radical (unpaired) electrons. The molecule has 1 atom stereocenters. The molecular weight excluding hydrogens is 455 g/mol. The first-order valence-electron chi connectivity index (χ1n) is 10.3. The van der Waals surface area contributed by atoms with Crippen LogP contribution in [0.25, 0.3) is 0 Å². The van der Waals surface area contributed by atoms with Crippen molar-refractivity contribution in [2.24, 2.45) is 5.92 Å². The van der Waals surface area contributed by atoms with E-state index in [9.17, 15) is 13.2 Å². The molecule has 8 heteroatoms. The molecule has 1 amide bonds. The zero-order valence-electron chi connectivity index (χ0n) is 17.8. The second-order valence-electron chi connectivity index (χ2n) is 8.69. The van der Waals surface area contributed by atoms with E-state index in [2.05, 4.69) is 5.32 Å². The summed E-state index contributed by atoms with van der Waals surface area (Å²) in [5.74, 6) is -0.781. The molecule has 0 aliphatic carbocycles.